The molecule has 0 bridgehead atoms. The van der Waals surface area contributed by atoms with Crippen LogP contribution in [-0.4, -0.2) is 18.6 Å². The quantitative estimate of drug-likeness (QED) is 0.917. The van der Waals surface area contributed by atoms with Crippen molar-refractivity contribution in [3.8, 4) is 0 Å². The summed E-state index contributed by atoms with van der Waals surface area (Å²) in [4.78, 5) is 0.167. The number of aromatic nitrogens is 2. The summed E-state index contributed by atoms with van der Waals surface area (Å²) in [7, 11) is -3.67. The molecule has 1 N–H and O–H groups in total. The average molecular weight is 307 g/mol. The molecule has 0 amide bonds. The van der Waals surface area contributed by atoms with Gasteiger partial charge in [0.1, 0.15) is 0 Å². The van der Waals surface area contributed by atoms with E-state index in [0.29, 0.717) is 11.8 Å². The Balaban J connectivity index is 1.69. The zero-order chi connectivity index (χ0) is 14.7. The van der Waals surface area contributed by atoms with Gasteiger partial charge in [-0.1, -0.05) is 36.1 Å². The normalized spacial score (nSPS) is 16.2. The highest BCUT2D eigenvalue weighted by molar-refractivity contribution is 7.92. The lowest BCUT2D eigenvalue weighted by Crippen LogP contribution is -2.12. The lowest BCUT2D eigenvalue weighted by molar-refractivity contribution is 0.439. The van der Waals surface area contributed by atoms with E-state index in [1.165, 1.54) is 37.8 Å². The first kappa shape index (κ1) is 14.1. The summed E-state index contributed by atoms with van der Waals surface area (Å²) in [5.41, 5.74) is 0. The lowest BCUT2D eigenvalue weighted by atomic mass is 10.0. The fourth-order valence-corrected chi connectivity index (χ4v) is 3.56. The minimum Gasteiger partial charge on any atom is -0.407 e. The molecule has 1 saturated carbocycles. The third-order valence-corrected chi connectivity index (χ3v) is 5.02. The molecule has 0 radical (unpaired) electrons. The first-order chi connectivity index (χ1) is 10.1. The highest BCUT2D eigenvalue weighted by atomic mass is 32.2. The third kappa shape index (κ3) is 3.41. The molecule has 0 spiro atoms. The van der Waals surface area contributed by atoms with Gasteiger partial charge in [0.05, 0.1) is 4.90 Å². The molecule has 6 nitrogen and oxygen atoms in total. The van der Waals surface area contributed by atoms with Crippen LogP contribution in [0.3, 0.4) is 0 Å². The first-order valence-corrected chi connectivity index (χ1v) is 8.52. The van der Waals surface area contributed by atoms with E-state index in [1.54, 1.807) is 18.2 Å². The van der Waals surface area contributed by atoms with Gasteiger partial charge in [-0.05, 0) is 30.9 Å². The summed E-state index contributed by atoms with van der Waals surface area (Å²) in [6.07, 6.45) is 5.56. The maximum atomic E-state index is 12.1. The maximum absolute atomic E-state index is 12.1. The predicted octanol–water partition coefficient (Wildman–Crippen LogP) is 2.60. The molecule has 7 heteroatoms. The standard InChI is InChI=1S/C14H17N3O3S/c18-21(19,12-8-2-1-3-9-12)17-14-16-15-13(20-14)10-11-6-4-5-7-11/h1-3,8-9,11H,4-7,10H2,(H,16,17). The minimum atomic E-state index is -3.67. The summed E-state index contributed by atoms with van der Waals surface area (Å²) >= 11 is 0. The van der Waals surface area contributed by atoms with Crippen LogP contribution in [0.1, 0.15) is 31.6 Å². The number of anilines is 1. The Morgan fingerprint density at radius 3 is 2.57 bits per heavy atom. The van der Waals surface area contributed by atoms with Crippen molar-refractivity contribution >= 4 is 16.0 Å². The Kier molecular flexibility index (Phi) is 3.92. The van der Waals surface area contributed by atoms with Crippen LogP contribution in [0, 0.1) is 5.92 Å². The molecule has 21 heavy (non-hydrogen) atoms. The van der Waals surface area contributed by atoms with Crippen molar-refractivity contribution in [3.05, 3.63) is 36.2 Å². The Morgan fingerprint density at radius 2 is 1.86 bits per heavy atom. The zero-order valence-electron chi connectivity index (χ0n) is 11.5. The second kappa shape index (κ2) is 5.85. The average Bonchev–Trinajstić information content (AvgIpc) is 3.12. The van der Waals surface area contributed by atoms with Gasteiger partial charge in [0.15, 0.2) is 0 Å². The van der Waals surface area contributed by atoms with Crippen LogP contribution < -0.4 is 4.72 Å². The molecule has 1 aliphatic rings. The summed E-state index contributed by atoms with van der Waals surface area (Å²) in [5.74, 6) is 1.07. The molecule has 0 aliphatic heterocycles. The fourth-order valence-electron chi connectivity index (χ4n) is 2.61. The van der Waals surface area contributed by atoms with Crippen molar-refractivity contribution in [2.24, 2.45) is 5.92 Å². The van der Waals surface area contributed by atoms with Crippen LogP contribution in [0.15, 0.2) is 39.6 Å². The van der Waals surface area contributed by atoms with Crippen molar-refractivity contribution in [2.45, 2.75) is 37.0 Å². The molecule has 2 aromatic rings. The molecule has 1 aromatic heterocycles. The van der Waals surface area contributed by atoms with Crippen LogP contribution in [-0.2, 0) is 16.4 Å². The molecule has 1 aliphatic carbocycles. The van der Waals surface area contributed by atoms with Crippen LogP contribution in [0.2, 0.25) is 0 Å². The molecule has 112 valence electrons. The van der Waals surface area contributed by atoms with Gasteiger partial charge >= 0.3 is 6.01 Å². The van der Waals surface area contributed by atoms with E-state index in [9.17, 15) is 8.42 Å². The number of benzene rings is 1. The number of sulfonamides is 1. The van der Waals surface area contributed by atoms with Crippen molar-refractivity contribution in [1.29, 1.82) is 0 Å². The first-order valence-electron chi connectivity index (χ1n) is 7.04. The van der Waals surface area contributed by atoms with Gasteiger partial charge in [-0.2, -0.15) is 0 Å². The monoisotopic (exact) mass is 307 g/mol. The highest BCUT2D eigenvalue weighted by Crippen LogP contribution is 2.28. The van der Waals surface area contributed by atoms with E-state index in [4.69, 9.17) is 4.42 Å². The smallest absolute Gasteiger partial charge is 0.329 e. The van der Waals surface area contributed by atoms with Crippen LogP contribution in [0.5, 0.6) is 0 Å². The number of nitrogens with one attached hydrogen (secondary N) is 1. The molecule has 0 atom stereocenters. The lowest BCUT2D eigenvalue weighted by Gasteiger charge is -2.04. The summed E-state index contributed by atoms with van der Waals surface area (Å²) in [6, 6.07) is 8.02. The second-order valence-electron chi connectivity index (χ2n) is 5.27. The molecular weight excluding hydrogens is 290 g/mol. The van der Waals surface area contributed by atoms with Gasteiger partial charge in [-0.25, -0.2) is 13.1 Å². The second-order valence-corrected chi connectivity index (χ2v) is 6.96. The van der Waals surface area contributed by atoms with Crippen molar-refractivity contribution in [2.75, 3.05) is 4.72 Å². The summed E-state index contributed by atoms with van der Waals surface area (Å²) in [5, 5.41) is 7.68. The van der Waals surface area contributed by atoms with Gasteiger partial charge in [0.2, 0.25) is 5.89 Å². The van der Waals surface area contributed by atoms with Gasteiger partial charge in [-0.3, -0.25) is 0 Å². The Labute approximate surface area is 123 Å². The number of hydrogen-bond donors (Lipinski definition) is 1. The van der Waals surface area contributed by atoms with E-state index in [1.807, 2.05) is 0 Å². The highest BCUT2D eigenvalue weighted by Gasteiger charge is 2.21. The van der Waals surface area contributed by atoms with E-state index >= 15 is 0 Å². The molecule has 3 rings (SSSR count). The topological polar surface area (TPSA) is 85.1 Å². The molecule has 0 saturated heterocycles. The Bertz CT molecular complexity index is 691. The van der Waals surface area contributed by atoms with Gasteiger partial charge in [-0.15, -0.1) is 5.10 Å². The number of rotatable bonds is 5. The largest absolute Gasteiger partial charge is 0.407 e. The van der Waals surface area contributed by atoms with Crippen LogP contribution >= 0.6 is 0 Å². The maximum Gasteiger partial charge on any atom is 0.329 e. The molecule has 1 heterocycles. The molecule has 0 unspecified atom stereocenters. The number of hydrogen-bond acceptors (Lipinski definition) is 5. The Hall–Kier alpha value is -1.89. The van der Waals surface area contributed by atoms with Crippen molar-refractivity contribution in [3.63, 3.8) is 0 Å². The SMILES string of the molecule is O=S(=O)(Nc1nnc(CC2CCCC2)o1)c1ccccc1. The van der Waals surface area contributed by atoms with Gasteiger partial charge in [0.25, 0.3) is 10.0 Å². The van der Waals surface area contributed by atoms with E-state index in [-0.39, 0.29) is 10.9 Å². The van der Waals surface area contributed by atoms with E-state index in [2.05, 4.69) is 14.9 Å². The van der Waals surface area contributed by atoms with E-state index in [0.717, 1.165) is 6.42 Å². The van der Waals surface area contributed by atoms with Crippen molar-refractivity contribution in [1.82, 2.24) is 10.2 Å². The predicted molar refractivity (Wildman–Crippen MR) is 77.2 cm³/mol. The number of nitrogens with zero attached hydrogens (tertiary/aromatic N) is 2. The van der Waals surface area contributed by atoms with Gasteiger partial charge in [0, 0.05) is 6.42 Å². The molecule has 1 fully saturated rings. The van der Waals surface area contributed by atoms with Crippen LogP contribution in [0.4, 0.5) is 6.01 Å². The van der Waals surface area contributed by atoms with Gasteiger partial charge < -0.3 is 4.42 Å². The molecular formula is C14H17N3O3S. The third-order valence-electron chi connectivity index (χ3n) is 3.68. The fraction of sp³-hybridized carbons (Fsp3) is 0.429. The summed E-state index contributed by atoms with van der Waals surface area (Å²) < 4.78 is 31.9. The van der Waals surface area contributed by atoms with Crippen LogP contribution in [0.25, 0.3) is 0 Å². The summed E-state index contributed by atoms with van der Waals surface area (Å²) in [6.45, 7) is 0. The Morgan fingerprint density at radius 1 is 1.14 bits per heavy atom. The van der Waals surface area contributed by atoms with Crippen molar-refractivity contribution < 1.29 is 12.8 Å². The molecule has 1 aromatic carbocycles. The zero-order valence-corrected chi connectivity index (χ0v) is 12.3. The minimum absolute atomic E-state index is 0.0770. The van der Waals surface area contributed by atoms with E-state index < -0.39 is 10.0 Å².